The van der Waals surface area contributed by atoms with Crippen molar-refractivity contribution in [1.29, 1.82) is 0 Å². The number of benzene rings is 1. The van der Waals surface area contributed by atoms with Crippen molar-refractivity contribution < 1.29 is 29.8 Å². The molecule has 2 rings (SSSR count). The van der Waals surface area contributed by atoms with E-state index in [1.54, 1.807) is 0 Å². The van der Waals surface area contributed by atoms with Crippen LogP contribution in [0.3, 0.4) is 0 Å². The van der Waals surface area contributed by atoms with Crippen LogP contribution in [0.25, 0.3) is 0 Å². The van der Waals surface area contributed by atoms with Crippen molar-refractivity contribution in [2.24, 2.45) is 0 Å². The molecule has 174 valence electrons. The molecule has 0 saturated heterocycles. The van der Waals surface area contributed by atoms with E-state index >= 15 is 0 Å². The van der Waals surface area contributed by atoms with Crippen molar-refractivity contribution >= 4 is 15.8 Å². The van der Waals surface area contributed by atoms with Gasteiger partial charge in [0.1, 0.15) is 0 Å². The fourth-order valence-electron chi connectivity index (χ4n) is 2.61. The van der Waals surface area contributed by atoms with E-state index in [4.69, 9.17) is 4.62 Å². The van der Waals surface area contributed by atoms with Crippen LogP contribution in [0.2, 0.25) is 0 Å². The third-order valence-corrected chi connectivity index (χ3v) is 7.02. The zero-order chi connectivity index (χ0) is 23.4. The Kier molecular flexibility index (Phi) is 7.55. The molecule has 1 aromatic carbocycles. The molecular weight excluding hydrogens is 456 g/mol. The third-order valence-electron chi connectivity index (χ3n) is 3.51. The molecule has 0 N–H and O–H groups in total. The average Bonchev–Trinajstić information content (AvgIpc) is 2.96. The predicted molar refractivity (Wildman–Crippen MR) is 107 cm³/mol. The molecule has 0 fully saturated rings. The first kappa shape index (κ1) is 26.5. The minimum absolute atomic E-state index is 0.738. The van der Waals surface area contributed by atoms with Crippen LogP contribution in [-0.2, 0) is 6.42 Å². The van der Waals surface area contributed by atoms with Gasteiger partial charge in [-0.25, -0.2) is 0 Å². The van der Waals surface area contributed by atoms with Gasteiger partial charge in [0.25, 0.3) is 0 Å². The summed E-state index contributed by atoms with van der Waals surface area (Å²) in [5.74, 6) is 0. The van der Waals surface area contributed by atoms with Crippen LogP contribution in [-0.4, -0.2) is 71.5 Å². The van der Waals surface area contributed by atoms with Crippen LogP contribution in [0.1, 0.15) is 11.3 Å². The molecule has 7 nitrogen and oxygen atoms in total. The van der Waals surface area contributed by atoms with Gasteiger partial charge in [0.15, 0.2) is 0 Å². The summed E-state index contributed by atoms with van der Waals surface area (Å²) < 4.78 is 71.7. The van der Waals surface area contributed by atoms with E-state index in [0.717, 1.165) is 12.1 Å². The predicted octanol–water partition coefficient (Wildman–Crippen LogP) is 5.04. The van der Waals surface area contributed by atoms with Crippen LogP contribution in [0.4, 0.5) is 25.2 Å². The van der Waals surface area contributed by atoms with Crippen LogP contribution in [0, 0.1) is 0 Å². The van der Waals surface area contributed by atoms with E-state index in [1.807, 2.05) is 66.7 Å². The van der Waals surface area contributed by atoms with Crippen molar-refractivity contribution in [1.82, 2.24) is 29.2 Å². The van der Waals surface area contributed by atoms with E-state index in [1.165, 1.54) is 10.4 Å². The maximum absolute atomic E-state index is 10.7. The molecule has 0 atom stereocenters. The summed E-state index contributed by atoms with van der Waals surface area (Å²) in [6.07, 6.45) is 2.58. The van der Waals surface area contributed by atoms with Crippen molar-refractivity contribution in [2.75, 3.05) is 42.3 Å². The number of aromatic nitrogens is 3. The molecule has 0 aliphatic heterocycles. The van der Waals surface area contributed by atoms with Gasteiger partial charge in [0.2, 0.25) is 0 Å². The Balaban J connectivity index is 0.000000553. The monoisotopic (exact) mass is 482 g/mol. The van der Waals surface area contributed by atoms with Crippen molar-refractivity contribution in [3.8, 4) is 0 Å². The van der Waals surface area contributed by atoms with Gasteiger partial charge < -0.3 is 0 Å². The summed E-state index contributed by atoms with van der Waals surface area (Å²) in [5.41, 5.74) is 2.08. The van der Waals surface area contributed by atoms with Gasteiger partial charge >= 0.3 is 40.9 Å². The Hall–Kier alpha value is -1.52. The Labute approximate surface area is 172 Å². The van der Waals surface area contributed by atoms with Crippen LogP contribution < -0.4 is 4.62 Å². The van der Waals surface area contributed by atoms with Crippen LogP contribution in [0.5, 0.6) is 0 Å². The van der Waals surface area contributed by atoms with Gasteiger partial charge in [-0.1, -0.05) is 30.3 Å². The van der Waals surface area contributed by atoms with Gasteiger partial charge in [-0.2, -0.15) is 4.62 Å². The summed E-state index contributed by atoms with van der Waals surface area (Å²) in [6.45, 7) is 0. The Morgan fingerprint density at radius 3 is 1.70 bits per heavy atom. The fourth-order valence-corrected chi connectivity index (χ4v) is 5.50. The molecule has 30 heavy (non-hydrogen) atoms. The summed E-state index contributed by atoms with van der Waals surface area (Å²) in [7, 11) is -0.743. The summed E-state index contributed by atoms with van der Waals surface area (Å²) in [5, 5.41) is 8.36. The quantitative estimate of drug-likeness (QED) is 0.407. The van der Waals surface area contributed by atoms with Gasteiger partial charge in [-0.3, -0.25) is 0 Å². The standard InChI is InChI=1S/C15H26N6OP.F6P/c1-18(2)23(19(3)4,20(5)6)22-21-13-15(16-17-21)12-14-10-8-7-9-11-14;1-7(2,3,4,5)6/h7-11,13H,12H2,1-6H3;/q+1;-1. The summed E-state index contributed by atoms with van der Waals surface area (Å²) in [6, 6.07) is 10.2. The summed E-state index contributed by atoms with van der Waals surface area (Å²) in [4.78, 5) is 1.48. The van der Waals surface area contributed by atoms with Gasteiger partial charge in [-0.15, -0.1) is 19.1 Å². The molecule has 0 unspecified atom stereocenters. The molecule has 0 aliphatic carbocycles. The molecular formula is C15H26F6N6OP2. The molecule has 0 saturated carbocycles. The fraction of sp³-hybridized carbons (Fsp3) is 0.467. The Morgan fingerprint density at radius 2 is 1.30 bits per heavy atom. The SMILES string of the molecule is CN(C)[P+](On1cc(Cc2ccccc2)nn1)(N(C)C)N(C)C.F[P-](F)(F)(F)(F)F. The molecule has 0 radical (unpaired) electrons. The van der Waals surface area contributed by atoms with Crippen molar-refractivity contribution in [3.05, 3.63) is 47.8 Å². The second kappa shape index (κ2) is 8.55. The molecule has 0 aliphatic rings. The third kappa shape index (κ3) is 9.53. The molecule has 15 heteroatoms. The van der Waals surface area contributed by atoms with Crippen LogP contribution >= 0.6 is 15.8 Å². The molecule has 0 spiro atoms. The topological polar surface area (TPSA) is 49.7 Å². The Bertz CT molecular complexity index is 781. The van der Waals surface area contributed by atoms with Gasteiger partial charge in [0.05, 0.1) is 11.9 Å². The number of rotatable bonds is 7. The zero-order valence-electron chi connectivity index (χ0n) is 17.4. The number of nitrogens with zero attached hydrogens (tertiary/aromatic N) is 6. The van der Waals surface area contributed by atoms with E-state index in [0.29, 0.717) is 0 Å². The summed E-state index contributed by atoms with van der Waals surface area (Å²) >= 11 is 0. The number of hydrogen-bond donors (Lipinski definition) is 0. The van der Waals surface area contributed by atoms with Gasteiger partial charge in [-0.05, 0) is 15.6 Å². The van der Waals surface area contributed by atoms with Crippen LogP contribution in [0.15, 0.2) is 36.5 Å². The first-order valence-corrected chi connectivity index (χ1v) is 12.0. The first-order valence-electron chi connectivity index (χ1n) is 8.45. The van der Waals surface area contributed by atoms with E-state index in [2.05, 4.69) is 36.5 Å². The molecule has 2 aromatic rings. The van der Waals surface area contributed by atoms with E-state index in [-0.39, 0.29) is 0 Å². The molecule has 1 heterocycles. The van der Waals surface area contributed by atoms with E-state index < -0.39 is 15.8 Å². The minimum atomic E-state index is -10.7. The first-order chi connectivity index (χ1) is 13.3. The molecule has 0 amide bonds. The number of hydrogen-bond acceptors (Lipinski definition) is 6. The molecule has 0 bridgehead atoms. The number of halogens is 6. The van der Waals surface area contributed by atoms with E-state index in [9.17, 15) is 25.2 Å². The molecule has 1 aromatic heterocycles. The van der Waals surface area contributed by atoms with Crippen molar-refractivity contribution in [3.63, 3.8) is 0 Å². The average molecular weight is 482 g/mol. The Morgan fingerprint density at radius 1 is 0.867 bits per heavy atom. The second-order valence-corrected chi connectivity index (χ2v) is 12.4. The van der Waals surface area contributed by atoms with Gasteiger partial charge in [0, 0.05) is 48.7 Å². The van der Waals surface area contributed by atoms with Crippen molar-refractivity contribution in [2.45, 2.75) is 6.42 Å². The normalized spacial score (nSPS) is 14.9. The second-order valence-electron chi connectivity index (χ2n) is 6.87. The maximum atomic E-state index is 9.87. The zero-order valence-corrected chi connectivity index (χ0v) is 19.2.